The first-order chi connectivity index (χ1) is 10.1. The first kappa shape index (κ1) is 14.3. The van der Waals surface area contributed by atoms with Gasteiger partial charge < -0.3 is 15.6 Å². The lowest BCUT2D eigenvalue weighted by Gasteiger charge is -2.43. The SMILES string of the molecule is Cn1cccc(NC(=O)C2CC3CCCC(C2)C3N)c1=O. The monoisotopic (exact) mass is 289 g/mol. The molecule has 1 aromatic rings. The number of aryl methyl sites for hydroxylation is 1. The molecule has 1 heterocycles. The van der Waals surface area contributed by atoms with E-state index in [0.29, 0.717) is 17.5 Å². The van der Waals surface area contributed by atoms with E-state index >= 15 is 0 Å². The molecule has 2 atom stereocenters. The molecule has 3 rings (SSSR count). The number of anilines is 1. The van der Waals surface area contributed by atoms with Gasteiger partial charge in [0.25, 0.3) is 5.56 Å². The van der Waals surface area contributed by atoms with Crippen LogP contribution in [0.15, 0.2) is 23.1 Å². The number of nitrogens with two attached hydrogens (primary N) is 1. The van der Waals surface area contributed by atoms with Gasteiger partial charge in [0.1, 0.15) is 5.69 Å². The van der Waals surface area contributed by atoms with E-state index in [2.05, 4.69) is 5.32 Å². The molecule has 5 nitrogen and oxygen atoms in total. The summed E-state index contributed by atoms with van der Waals surface area (Å²) in [5.74, 6) is 0.894. The summed E-state index contributed by atoms with van der Waals surface area (Å²) in [7, 11) is 1.68. The van der Waals surface area contributed by atoms with Gasteiger partial charge in [-0.2, -0.15) is 0 Å². The minimum absolute atomic E-state index is 0.00925. The number of pyridine rings is 1. The second-order valence-corrected chi connectivity index (χ2v) is 6.52. The summed E-state index contributed by atoms with van der Waals surface area (Å²) in [5, 5.41) is 2.81. The first-order valence-corrected chi connectivity index (χ1v) is 7.78. The Kier molecular flexibility index (Phi) is 3.85. The highest BCUT2D eigenvalue weighted by Gasteiger charge is 2.40. The molecule has 0 saturated heterocycles. The molecule has 0 aliphatic heterocycles. The van der Waals surface area contributed by atoms with Gasteiger partial charge in [0.05, 0.1) is 0 Å². The molecule has 2 unspecified atom stereocenters. The molecule has 2 aliphatic carbocycles. The van der Waals surface area contributed by atoms with E-state index in [1.807, 2.05) is 0 Å². The number of carbonyl (C=O) groups is 1. The van der Waals surface area contributed by atoms with Crippen LogP contribution in [-0.2, 0) is 11.8 Å². The minimum atomic E-state index is -0.168. The number of amides is 1. The summed E-state index contributed by atoms with van der Waals surface area (Å²) in [6.07, 6.45) is 6.90. The lowest BCUT2D eigenvalue weighted by atomic mass is 9.65. The van der Waals surface area contributed by atoms with Crippen LogP contribution in [0.3, 0.4) is 0 Å². The largest absolute Gasteiger partial charge is 0.327 e. The van der Waals surface area contributed by atoms with Crippen molar-refractivity contribution in [3.05, 3.63) is 28.7 Å². The Hall–Kier alpha value is -1.62. The number of nitrogens with zero attached hydrogens (tertiary/aromatic N) is 1. The van der Waals surface area contributed by atoms with Crippen molar-refractivity contribution in [2.75, 3.05) is 5.32 Å². The topological polar surface area (TPSA) is 77.1 Å². The van der Waals surface area contributed by atoms with Crippen molar-refractivity contribution in [2.45, 2.75) is 38.1 Å². The molecule has 3 N–H and O–H groups in total. The number of rotatable bonds is 2. The average Bonchev–Trinajstić information content (AvgIpc) is 2.43. The van der Waals surface area contributed by atoms with Crippen LogP contribution in [0.5, 0.6) is 0 Å². The second-order valence-electron chi connectivity index (χ2n) is 6.52. The summed E-state index contributed by atoms with van der Waals surface area (Å²) in [5.41, 5.74) is 6.46. The van der Waals surface area contributed by atoms with E-state index in [1.165, 1.54) is 11.0 Å². The summed E-state index contributed by atoms with van der Waals surface area (Å²) in [6.45, 7) is 0. The molecular weight excluding hydrogens is 266 g/mol. The zero-order valence-corrected chi connectivity index (χ0v) is 12.4. The molecule has 2 fully saturated rings. The molecule has 2 bridgehead atoms. The smallest absolute Gasteiger partial charge is 0.274 e. The molecule has 1 aromatic heterocycles. The van der Waals surface area contributed by atoms with Gasteiger partial charge >= 0.3 is 0 Å². The molecule has 1 amide bonds. The highest BCUT2D eigenvalue weighted by atomic mass is 16.2. The Morgan fingerprint density at radius 1 is 1.33 bits per heavy atom. The summed E-state index contributed by atoms with van der Waals surface area (Å²) < 4.78 is 1.47. The van der Waals surface area contributed by atoms with Crippen molar-refractivity contribution in [3.8, 4) is 0 Å². The number of carbonyl (C=O) groups excluding carboxylic acids is 1. The van der Waals surface area contributed by atoms with Crippen molar-refractivity contribution >= 4 is 11.6 Å². The Morgan fingerprint density at radius 2 is 2.00 bits per heavy atom. The predicted octanol–water partition coefficient (Wildman–Crippen LogP) is 1.48. The highest BCUT2D eigenvalue weighted by Crippen LogP contribution is 2.42. The van der Waals surface area contributed by atoms with Gasteiger partial charge in [-0.1, -0.05) is 6.42 Å². The summed E-state index contributed by atoms with van der Waals surface area (Å²) in [6, 6.07) is 3.69. The molecule has 2 aliphatic rings. The van der Waals surface area contributed by atoms with Gasteiger partial charge in [-0.3, -0.25) is 9.59 Å². The Morgan fingerprint density at radius 3 is 2.67 bits per heavy atom. The third-order valence-corrected chi connectivity index (χ3v) is 5.17. The van der Waals surface area contributed by atoms with E-state index < -0.39 is 0 Å². The fourth-order valence-corrected chi connectivity index (χ4v) is 3.93. The normalized spacial score (nSPS) is 31.7. The van der Waals surface area contributed by atoms with Gasteiger partial charge in [0, 0.05) is 25.2 Å². The fraction of sp³-hybridized carbons (Fsp3) is 0.625. The van der Waals surface area contributed by atoms with Crippen LogP contribution >= 0.6 is 0 Å². The Bertz CT molecular complexity index is 581. The van der Waals surface area contributed by atoms with Crippen molar-refractivity contribution in [2.24, 2.45) is 30.5 Å². The quantitative estimate of drug-likeness (QED) is 0.865. The van der Waals surface area contributed by atoms with Crippen molar-refractivity contribution < 1.29 is 4.79 Å². The van der Waals surface area contributed by atoms with E-state index in [9.17, 15) is 9.59 Å². The van der Waals surface area contributed by atoms with Crippen LogP contribution in [0.4, 0.5) is 5.69 Å². The first-order valence-electron chi connectivity index (χ1n) is 7.78. The maximum atomic E-state index is 12.5. The van der Waals surface area contributed by atoms with Crippen molar-refractivity contribution in [1.82, 2.24) is 4.57 Å². The number of hydrogen-bond acceptors (Lipinski definition) is 3. The zero-order chi connectivity index (χ0) is 15.0. The van der Waals surface area contributed by atoms with Crippen molar-refractivity contribution in [1.29, 1.82) is 0 Å². The summed E-state index contributed by atoms with van der Waals surface area (Å²) >= 11 is 0. The third-order valence-electron chi connectivity index (χ3n) is 5.17. The number of nitrogens with one attached hydrogen (secondary N) is 1. The van der Waals surface area contributed by atoms with Gasteiger partial charge in [0.2, 0.25) is 5.91 Å². The molecule has 0 aromatic carbocycles. The number of hydrogen-bond donors (Lipinski definition) is 2. The molecular formula is C16H23N3O2. The number of fused-ring (bicyclic) bond motifs is 2. The lowest BCUT2D eigenvalue weighted by molar-refractivity contribution is -0.122. The summed E-state index contributed by atoms with van der Waals surface area (Å²) in [4.78, 5) is 24.4. The molecule has 5 heteroatoms. The zero-order valence-electron chi connectivity index (χ0n) is 12.4. The van der Waals surface area contributed by atoms with E-state index in [-0.39, 0.29) is 23.4 Å². The molecule has 0 radical (unpaired) electrons. The standard InChI is InChI=1S/C16H23N3O2/c1-19-7-3-6-13(16(19)21)18-15(20)12-8-10-4-2-5-11(9-12)14(10)17/h3,6-7,10-12,14H,2,4-5,8-9,17H2,1H3,(H,18,20). The predicted molar refractivity (Wildman–Crippen MR) is 81.8 cm³/mol. The minimum Gasteiger partial charge on any atom is -0.327 e. The molecule has 114 valence electrons. The van der Waals surface area contributed by atoms with Crippen LogP contribution in [0.25, 0.3) is 0 Å². The molecule has 21 heavy (non-hydrogen) atoms. The van der Waals surface area contributed by atoms with Crippen molar-refractivity contribution in [3.63, 3.8) is 0 Å². The second kappa shape index (κ2) is 5.64. The van der Waals surface area contributed by atoms with E-state index in [0.717, 1.165) is 25.7 Å². The van der Waals surface area contributed by atoms with Crippen LogP contribution < -0.4 is 16.6 Å². The van der Waals surface area contributed by atoms with E-state index in [1.54, 1.807) is 25.4 Å². The maximum absolute atomic E-state index is 12.5. The molecule has 0 spiro atoms. The van der Waals surface area contributed by atoms with Gasteiger partial charge in [-0.25, -0.2) is 0 Å². The van der Waals surface area contributed by atoms with Gasteiger partial charge in [-0.15, -0.1) is 0 Å². The van der Waals surface area contributed by atoms with E-state index in [4.69, 9.17) is 5.73 Å². The Labute approximate surface area is 124 Å². The Balaban J connectivity index is 1.71. The fourth-order valence-electron chi connectivity index (χ4n) is 3.93. The third kappa shape index (κ3) is 2.75. The van der Waals surface area contributed by atoms with Crippen LogP contribution in [0.1, 0.15) is 32.1 Å². The number of aromatic nitrogens is 1. The average molecular weight is 289 g/mol. The maximum Gasteiger partial charge on any atom is 0.274 e. The highest BCUT2D eigenvalue weighted by molar-refractivity contribution is 5.92. The van der Waals surface area contributed by atoms with Crippen LogP contribution in [0.2, 0.25) is 0 Å². The lowest BCUT2D eigenvalue weighted by Crippen LogP contribution is -2.48. The molecule has 2 saturated carbocycles. The van der Waals surface area contributed by atoms with Crippen LogP contribution in [0, 0.1) is 17.8 Å². The van der Waals surface area contributed by atoms with Gasteiger partial charge in [-0.05, 0) is 49.7 Å². The van der Waals surface area contributed by atoms with Crippen LogP contribution in [-0.4, -0.2) is 16.5 Å². The van der Waals surface area contributed by atoms with Gasteiger partial charge in [0.15, 0.2) is 0 Å².